The molecule has 1 aliphatic heterocycles. The normalized spacial score (nSPS) is 17.4. The van der Waals surface area contributed by atoms with Crippen molar-refractivity contribution in [3.8, 4) is 0 Å². The first-order valence-electron chi connectivity index (χ1n) is 8.69. The predicted molar refractivity (Wildman–Crippen MR) is 95.2 cm³/mol. The van der Waals surface area contributed by atoms with Gasteiger partial charge in [-0.3, -0.25) is 14.7 Å². The lowest BCUT2D eigenvalue weighted by molar-refractivity contribution is -0.127. The molecule has 4 heteroatoms. The number of hydrogen-bond acceptors (Lipinski definition) is 3. The molecule has 1 aromatic carbocycles. The lowest BCUT2D eigenvalue weighted by Gasteiger charge is -2.31. The van der Waals surface area contributed by atoms with Crippen LogP contribution in [0.1, 0.15) is 36.9 Å². The van der Waals surface area contributed by atoms with E-state index in [1.54, 1.807) is 0 Å². The molecule has 1 aliphatic rings. The number of nitrogens with one attached hydrogen (secondary N) is 1. The Hall–Kier alpha value is -2.20. The van der Waals surface area contributed by atoms with Crippen molar-refractivity contribution in [3.05, 3.63) is 66.0 Å². The van der Waals surface area contributed by atoms with Crippen molar-refractivity contribution in [2.45, 2.75) is 32.4 Å². The van der Waals surface area contributed by atoms with E-state index >= 15 is 0 Å². The molecule has 0 aliphatic carbocycles. The monoisotopic (exact) mass is 323 g/mol. The Bertz CT molecular complexity index is 636. The van der Waals surface area contributed by atoms with Crippen molar-refractivity contribution in [1.82, 2.24) is 15.2 Å². The smallest absolute Gasteiger partial charge is 0.223 e. The maximum atomic E-state index is 12.5. The molecule has 0 radical (unpaired) electrons. The van der Waals surface area contributed by atoms with Gasteiger partial charge >= 0.3 is 0 Å². The summed E-state index contributed by atoms with van der Waals surface area (Å²) in [6.07, 6.45) is 5.53. The third-order valence-corrected chi connectivity index (χ3v) is 4.77. The zero-order valence-electron chi connectivity index (χ0n) is 14.2. The number of amides is 1. The molecule has 0 saturated carbocycles. The standard InChI is InChI=1S/C20H25N3O/c1-16(18-5-3-2-4-6-18)22-20(24)19-9-13-23(14-10-19)15-17-7-11-21-12-8-17/h2-8,11-12,16,19H,9-10,13-15H2,1H3,(H,22,24). The van der Waals surface area contributed by atoms with E-state index in [9.17, 15) is 4.79 Å². The Morgan fingerprint density at radius 1 is 1.17 bits per heavy atom. The van der Waals surface area contributed by atoms with Crippen LogP contribution in [0.5, 0.6) is 0 Å². The fraction of sp³-hybridized carbons (Fsp3) is 0.400. The Morgan fingerprint density at radius 2 is 1.83 bits per heavy atom. The second-order valence-electron chi connectivity index (χ2n) is 6.55. The molecule has 0 spiro atoms. The molecule has 0 bridgehead atoms. The third-order valence-electron chi connectivity index (χ3n) is 4.77. The number of carbonyl (C=O) groups excluding carboxylic acids is 1. The van der Waals surface area contributed by atoms with Crippen LogP contribution in [0.2, 0.25) is 0 Å². The zero-order chi connectivity index (χ0) is 16.8. The van der Waals surface area contributed by atoms with E-state index in [1.165, 1.54) is 5.56 Å². The fourth-order valence-corrected chi connectivity index (χ4v) is 3.26. The minimum absolute atomic E-state index is 0.0635. The predicted octanol–water partition coefficient (Wildman–Crippen LogP) is 3.17. The van der Waals surface area contributed by atoms with Crippen molar-refractivity contribution in [2.24, 2.45) is 5.92 Å². The van der Waals surface area contributed by atoms with Crippen LogP contribution in [0, 0.1) is 5.92 Å². The molecular formula is C20H25N3O. The van der Waals surface area contributed by atoms with Crippen molar-refractivity contribution < 1.29 is 4.79 Å². The van der Waals surface area contributed by atoms with Gasteiger partial charge in [-0.25, -0.2) is 0 Å². The summed E-state index contributed by atoms with van der Waals surface area (Å²) in [6, 6.07) is 14.3. The molecule has 1 aromatic heterocycles. The average molecular weight is 323 g/mol. The molecule has 2 heterocycles. The van der Waals surface area contributed by atoms with Gasteiger partial charge < -0.3 is 5.32 Å². The molecule has 3 rings (SSSR count). The van der Waals surface area contributed by atoms with Gasteiger partial charge in [-0.1, -0.05) is 30.3 Å². The molecule has 1 fully saturated rings. The highest BCUT2D eigenvalue weighted by atomic mass is 16.1. The number of nitrogens with zero attached hydrogens (tertiary/aromatic N) is 2. The van der Waals surface area contributed by atoms with Crippen molar-refractivity contribution in [3.63, 3.8) is 0 Å². The van der Waals surface area contributed by atoms with Gasteiger partial charge in [0.2, 0.25) is 5.91 Å². The molecule has 126 valence electrons. The number of benzene rings is 1. The van der Waals surface area contributed by atoms with E-state index in [4.69, 9.17) is 0 Å². The van der Waals surface area contributed by atoms with Crippen LogP contribution >= 0.6 is 0 Å². The van der Waals surface area contributed by atoms with Crippen LogP contribution in [-0.2, 0) is 11.3 Å². The highest BCUT2D eigenvalue weighted by Crippen LogP contribution is 2.21. The number of likely N-dealkylation sites (tertiary alicyclic amines) is 1. The number of pyridine rings is 1. The highest BCUT2D eigenvalue weighted by molar-refractivity contribution is 5.79. The van der Waals surface area contributed by atoms with Gasteiger partial charge in [0.1, 0.15) is 0 Å². The van der Waals surface area contributed by atoms with Crippen molar-refractivity contribution in [2.75, 3.05) is 13.1 Å². The van der Waals surface area contributed by atoms with E-state index in [-0.39, 0.29) is 17.9 Å². The molecular weight excluding hydrogens is 298 g/mol. The molecule has 1 amide bonds. The van der Waals surface area contributed by atoms with Crippen LogP contribution in [0.3, 0.4) is 0 Å². The minimum Gasteiger partial charge on any atom is -0.349 e. The maximum Gasteiger partial charge on any atom is 0.223 e. The Kier molecular flexibility index (Phi) is 5.59. The summed E-state index contributed by atoms with van der Waals surface area (Å²) in [5.41, 5.74) is 2.44. The summed E-state index contributed by atoms with van der Waals surface area (Å²) in [5, 5.41) is 3.16. The summed E-state index contributed by atoms with van der Waals surface area (Å²) in [6.45, 7) is 4.93. The van der Waals surface area contributed by atoms with E-state index in [2.05, 4.69) is 39.5 Å². The first-order valence-corrected chi connectivity index (χ1v) is 8.69. The molecule has 1 atom stereocenters. The first-order chi connectivity index (χ1) is 11.7. The third kappa shape index (κ3) is 4.42. The summed E-state index contributed by atoms with van der Waals surface area (Å²) < 4.78 is 0. The minimum atomic E-state index is 0.0635. The van der Waals surface area contributed by atoms with E-state index < -0.39 is 0 Å². The van der Waals surface area contributed by atoms with Gasteiger partial charge in [-0.15, -0.1) is 0 Å². The number of carbonyl (C=O) groups is 1. The van der Waals surface area contributed by atoms with Crippen LogP contribution in [0.4, 0.5) is 0 Å². The quantitative estimate of drug-likeness (QED) is 0.919. The van der Waals surface area contributed by atoms with Crippen LogP contribution < -0.4 is 5.32 Å². The van der Waals surface area contributed by atoms with E-state index in [0.717, 1.165) is 38.0 Å². The number of rotatable bonds is 5. The van der Waals surface area contributed by atoms with Gasteiger partial charge in [0.15, 0.2) is 0 Å². The second-order valence-corrected chi connectivity index (χ2v) is 6.55. The highest BCUT2D eigenvalue weighted by Gasteiger charge is 2.25. The van der Waals surface area contributed by atoms with Gasteiger partial charge in [0.05, 0.1) is 6.04 Å². The second kappa shape index (κ2) is 8.06. The Balaban J connectivity index is 1.47. The Morgan fingerprint density at radius 3 is 2.50 bits per heavy atom. The summed E-state index contributed by atoms with van der Waals surface area (Å²) >= 11 is 0. The maximum absolute atomic E-state index is 12.5. The van der Waals surface area contributed by atoms with Crippen LogP contribution in [-0.4, -0.2) is 28.9 Å². The lowest BCUT2D eigenvalue weighted by Crippen LogP contribution is -2.40. The number of aromatic nitrogens is 1. The van der Waals surface area contributed by atoms with Crippen LogP contribution in [0.15, 0.2) is 54.9 Å². The average Bonchev–Trinajstić information content (AvgIpc) is 2.64. The van der Waals surface area contributed by atoms with Gasteiger partial charge in [0.25, 0.3) is 0 Å². The molecule has 1 unspecified atom stereocenters. The van der Waals surface area contributed by atoms with E-state index in [0.29, 0.717) is 0 Å². The topological polar surface area (TPSA) is 45.2 Å². The summed E-state index contributed by atoms with van der Waals surface area (Å²) in [5.74, 6) is 0.319. The van der Waals surface area contributed by atoms with E-state index in [1.807, 2.05) is 37.5 Å². The Labute approximate surface area is 143 Å². The van der Waals surface area contributed by atoms with Crippen molar-refractivity contribution in [1.29, 1.82) is 0 Å². The fourth-order valence-electron chi connectivity index (χ4n) is 3.26. The summed E-state index contributed by atoms with van der Waals surface area (Å²) in [4.78, 5) is 19.0. The zero-order valence-corrected chi connectivity index (χ0v) is 14.2. The SMILES string of the molecule is CC(NC(=O)C1CCN(Cc2ccncc2)CC1)c1ccccc1. The van der Waals surface area contributed by atoms with Gasteiger partial charge in [-0.05, 0) is 56.1 Å². The molecule has 1 N–H and O–H groups in total. The van der Waals surface area contributed by atoms with Crippen molar-refractivity contribution >= 4 is 5.91 Å². The number of piperidine rings is 1. The van der Waals surface area contributed by atoms with Gasteiger partial charge in [-0.2, -0.15) is 0 Å². The molecule has 24 heavy (non-hydrogen) atoms. The first kappa shape index (κ1) is 16.7. The molecule has 4 nitrogen and oxygen atoms in total. The largest absolute Gasteiger partial charge is 0.349 e. The molecule has 1 saturated heterocycles. The van der Waals surface area contributed by atoms with Crippen LogP contribution in [0.25, 0.3) is 0 Å². The van der Waals surface area contributed by atoms with Gasteiger partial charge in [0, 0.05) is 24.9 Å². The molecule has 2 aromatic rings. The lowest BCUT2D eigenvalue weighted by atomic mass is 9.95. The summed E-state index contributed by atoms with van der Waals surface area (Å²) in [7, 11) is 0. The number of hydrogen-bond donors (Lipinski definition) is 1.